The SMILES string of the molecule is Cc1cnn2c1NC(=O)C(c1cccc(Cl)c1)C2=O. The highest BCUT2D eigenvalue weighted by molar-refractivity contribution is 6.30. The van der Waals surface area contributed by atoms with Crippen molar-refractivity contribution < 1.29 is 9.59 Å². The third-order valence-electron chi connectivity index (χ3n) is 3.09. The van der Waals surface area contributed by atoms with Crippen molar-refractivity contribution in [3.63, 3.8) is 0 Å². The Bertz CT molecular complexity index is 693. The number of amides is 1. The van der Waals surface area contributed by atoms with E-state index in [1.807, 2.05) is 0 Å². The first kappa shape index (κ1) is 11.9. The molecular weight excluding hydrogens is 266 g/mol. The molecule has 0 radical (unpaired) electrons. The lowest BCUT2D eigenvalue weighted by Crippen LogP contribution is -2.38. The Morgan fingerprint density at radius 2 is 2.16 bits per heavy atom. The maximum atomic E-state index is 12.3. The number of halogens is 1. The van der Waals surface area contributed by atoms with E-state index in [1.54, 1.807) is 37.4 Å². The van der Waals surface area contributed by atoms with E-state index in [0.717, 1.165) is 5.56 Å². The first-order chi connectivity index (χ1) is 9.08. The number of benzene rings is 1. The molecule has 1 atom stereocenters. The number of anilines is 1. The number of fused-ring (bicyclic) bond motifs is 1. The molecule has 1 aliphatic heterocycles. The van der Waals surface area contributed by atoms with Crippen LogP contribution in [0.3, 0.4) is 0 Å². The second kappa shape index (κ2) is 4.20. The molecule has 0 spiro atoms. The lowest BCUT2D eigenvalue weighted by Gasteiger charge is -2.22. The highest BCUT2D eigenvalue weighted by atomic mass is 35.5. The quantitative estimate of drug-likeness (QED) is 0.812. The second-order valence-corrected chi connectivity index (χ2v) is 4.84. The van der Waals surface area contributed by atoms with Gasteiger partial charge in [-0.15, -0.1) is 0 Å². The first-order valence-corrected chi connectivity index (χ1v) is 6.11. The minimum atomic E-state index is -0.912. The average molecular weight is 276 g/mol. The smallest absolute Gasteiger partial charge is 0.265 e. The van der Waals surface area contributed by atoms with Crippen LogP contribution in [0.5, 0.6) is 0 Å². The van der Waals surface area contributed by atoms with Crippen LogP contribution in [0.4, 0.5) is 5.82 Å². The minimum absolute atomic E-state index is 0.358. The van der Waals surface area contributed by atoms with Gasteiger partial charge in [0.25, 0.3) is 5.91 Å². The van der Waals surface area contributed by atoms with Gasteiger partial charge in [-0.05, 0) is 24.6 Å². The topological polar surface area (TPSA) is 64.0 Å². The van der Waals surface area contributed by atoms with Gasteiger partial charge in [0.1, 0.15) is 11.7 Å². The van der Waals surface area contributed by atoms with Crippen molar-refractivity contribution in [1.82, 2.24) is 9.78 Å². The molecule has 0 aliphatic carbocycles. The zero-order chi connectivity index (χ0) is 13.6. The fourth-order valence-electron chi connectivity index (χ4n) is 2.15. The molecule has 1 N–H and O–H groups in total. The monoisotopic (exact) mass is 275 g/mol. The molecular formula is C13H10ClN3O2. The lowest BCUT2D eigenvalue weighted by atomic mass is 9.96. The van der Waals surface area contributed by atoms with E-state index < -0.39 is 5.92 Å². The van der Waals surface area contributed by atoms with Crippen molar-refractivity contribution in [1.29, 1.82) is 0 Å². The van der Waals surface area contributed by atoms with Gasteiger partial charge >= 0.3 is 0 Å². The number of carbonyl (C=O) groups is 2. The first-order valence-electron chi connectivity index (χ1n) is 5.73. The van der Waals surface area contributed by atoms with Gasteiger partial charge in [-0.3, -0.25) is 9.59 Å². The van der Waals surface area contributed by atoms with Crippen LogP contribution in [-0.2, 0) is 4.79 Å². The van der Waals surface area contributed by atoms with Gasteiger partial charge in [0, 0.05) is 10.6 Å². The van der Waals surface area contributed by atoms with Crippen LogP contribution in [-0.4, -0.2) is 21.6 Å². The van der Waals surface area contributed by atoms with Crippen LogP contribution < -0.4 is 5.32 Å². The molecule has 96 valence electrons. The third-order valence-corrected chi connectivity index (χ3v) is 3.33. The number of nitrogens with one attached hydrogen (secondary N) is 1. The molecule has 1 aromatic heterocycles. The molecule has 1 aromatic carbocycles. The molecule has 3 rings (SSSR count). The number of hydrogen-bond acceptors (Lipinski definition) is 3. The molecule has 19 heavy (non-hydrogen) atoms. The Kier molecular flexibility index (Phi) is 2.64. The largest absolute Gasteiger partial charge is 0.309 e. The maximum absolute atomic E-state index is 12.3. The summed E-state index contributed by atoms with van der Waals surface area (Å²) in [5.74, 6) is -1.20. The summed E-state index contributed by atoms with van der Waals surface area (Å²) in [6.07, 6.45) is 1.55. The average Bonchev–Trinajstić information content (AvgIpc) is 2.72. The maximum Gasteiger partial charge on any atom is 0.265 e. The summed E-state index contributed by atoms with van der Waals surface area (Å²) >= 11 is 5.90. The normalized spacial score (nSPS) is 18.1. The predicted molar refractivity (Wildman–Crippen MR) is 70.4 cm³/mol. The molecule has 0 fully saturated rings. The summed E-state index contributed by atoms with van der Waals surface area (Å²) in [7, 11) is 0. The molecule has 1 unspecified atom stereocenters. The number of carbonyl (C=O) groups excluding carboxylic acids is 2. The van der Waals surface area contributed by atoms with Crippen molar-refractivity contribution in [3.8, 4) is 0 Å². The van der Waals surface area contributed by atoms with Crippen LogP contribution in [0.2, 0.25) is 5.02 Å². The van der Waals surface area contributed by atoms with Crippen molar-refractivity contribution in [2.45, 2.75) is 12.8 Å². The Balaban J connectivity index is 2.09. The van der Waals surface area contributed by atoms with Gasteiger partial charge < -0.3 is 5.32 Å². The van der Waals surface area contributed by atoms with E-state index in [-0.39, 0.29) is 11.8 Å². The van der Waals surface area contributed by atoms with Crippen molar-refractivity contribution in [3.05, 3.63) is 46.6 Å². The minimum Gasteiger partial charge on any atom is -0.309 e. The van der Waals surface area contributed by atoms with Crippen LogP contribution in [0.25, 0.3) is 0 Å². The molecule has 1 amide bonds. The Morgan fingerprint density at radius 3 is 2.89 bits per heavy atom. The number of aryl methyl sites for hydroxylation is 1. The van der Waals surface area contributed by atoms with Crippen LogP contribution in [0.1, 0.15) is 21.8 Å². The summed E-state index contributed by atoms with van der Waals surface area (Å²) in [6, 6.07) is 6.72. The highest BCUT2D eigenvalue weighted by Crippen LogP contribution is 2.29. The third kappa shape index (κ3) is 1.82. The number of hydrogen-bond donors (Lipinski definition) is 1. The Morgan fingerprint density at radius 1 is 1.37 bits per heavy atom. The van der Waals surface area contributed by atoms with E-state index in [4.69, 9.17) is 11.6 Å². The standard InChI is InChI=1S/C13H10ClN3O2/c1-7-6-15-17-11(7)16-12(18)10(13(17)19)8-3-2-4-9(14)5-8/h2-6,10H,1H3,(H,16,18). The van der Waals surface area contributed by atoms with Crippen molar-refractivity contribution in [2.24, 2.45) is 0 Å². The van der Waals surface area contributed by atoms with Gasteiger partial charge in [-0.25, -0.2) is 0 Å². The second-order valence-electron chi connectivity index (χ2n) is 4.40. The summed E-state index contributed by atoms with van der Waals surface area (Å²) in [5, 5.41) is 7.18. The van der Waals surface area contributed by atoms with Crippen molar-refractivity contribution in [2.75, 3.05) is 5.32 Å². The summed E-state index contributed by atoms with van der Waals surface area (Å²) < 4.78 is 1.22. The molecule has 5 nitrogen and oxygen atoms in total. The van der Waals surface area contributed by atoms with Gasteiger partial charge in [0.2, 0.25) is 5.91 Å². The summed E-state index contributed by atoms with van der Waals surface area (Å²) in [5.41, 5.74) is 1.32. The summed E-state index contributed by atoms with van der Waals surface area (Å²) in [4.78, 5) is 24.5. The Labute approximate surface area is 114 Å². The van der Waals surface area contributed by atoms with E-state index in [2.05, 4.69) is 10.4 Å². The van der Waals surface area contributed by atoms with E-state index in [1.165, 1.54) is 4.68 Å². The molecule has 2 heterocycles. The fourth-order valence-corrected chi connectivity index (χ4v) is 2.35. The van der Waals surface area contributed by atoms with Gasteiger partial charge in [0.15, 0.2) is 0 Å². The zero-order valence-corrected chi connectivity index (χ0v) is 10.8. The lowest BCUT2D eigenvalue weighted by molar-refractivity contribution is -0.117. The molecule has 6 heteroatoms. The predicted octanol–water partition coefficient (Wildman–Crippen LogP) is 2.22. The number of aromatic nitrogens is 2. The molecule has 2 aromatic rings. The molecule has 1 aliphatic rings. The highest BCUT2D eigenvalue weighted by Gasteiger charge is 2.37. The molecule has 0 saturated heterocycles. The molecule has 0 bridgehead atoms. The van der Waals surface area contributed by atoms with Gasteiger partial charge in [-0.1, -0.05) is 23.7 Å². The summed E-state index contributed by atoms with van der Waals surface area (Å²) in [6.45, 7) is 1.78. The van der Waals surface area contributed by atoms with Gasteiger partial charge in [0.05, 0.1) is 6.20 Å². The van der Waals surface area contributed by atoms with Crippen LogP contribution in [0.15, 0.2) is 30.5 Å². The van der Waals surface area contributed by atoms with Crippen LogP contribution >= 0.6 is 11.6 Å². The molecule has 0 saturated carbocycles. The van der Waals surface area contributed by atoms with E-state index in [9.17, 15) is 9.59 Å². The Hall–Kier alpha value is -2.14. The van der Waals surface area contributed by atoms with Gasteiger partial charge in [-0.2, -0.15) is 9.78 Å². The zero-order valence-electron chi connectivity index (χ0n) is 10.1. The number of nitrogens with zero attached hydrogens (tertiary/aromatic N) is 2. The fraction of sp³-hybridized carbons (Fsp3) is 0.154. The van der Waals surface area contributed by atoms with Crippen molar-refractivity contribution >= 4 is 29.2 Å². The van der Waals surface area contributed by atoms with E-state index in [0.29, 0.717) is 16.4 Å². The number of rotatable bonds is 1. The van der Waals surface area contributed by atoms with E-state index >= 15 is 0 Å². The van der Waals surface area contributed by atoms with Crippen LogP contribution in [0, 0.1) is 6.92 Å².